The molecule has 0 radical (unpaired) electrons. The van der Waals surface area contributed by atoms with Crippen LogP contribution in [0.2, 0.25) is 0 Å². The van der Waals surface area contributed by atoms with Crippen molar-refractivity contribution in [3.05, 3.63) is 48.0 Å². The van der Waals surface area contributed by atoms with E-state index in [9.17, 15) is 33.6 Å². The van der Waals surface area contributed by atoms with Crippen molar-refractivity contribution in [2.75, 3.05) is 27.2 Å². The maximum atomic E-state index is 14.3. The van der Waals surface area contributed by atoms with E-state index in [0.717, 1.165) is 19.3 Å². The lowest BCUT2D eigenvalue weighted by Crippen LogP contribution is -2.58. The van der Waals surface area contributed by atoms with Gasteiger partial charge in [-0.1, -0.05) is 69.2 Å². The Kier molecular flexibility index (Phi) is 17.3. The van der Waals surface area contributed by atoms with Gasteiger partial charge >= 0.3 is 6.09 Å². The molecule has 0 spiro atoms. The molecule has 1 aromatic rings. The molecule has 1 fully saturated rings. The fourth-order valence-corrected chi connectivity index (χ4v) is 7.01. The number of hydrogen-bond acceptors (Lipinski definition) is 8. The van der Waals surface area contributed by atoms with Gasteiger partial charge in [0.05, 0.1) is 12.6 Å². The summed E-state index contributed by atoms with van der Waals surface area (Å²) in [5.41, 5.74) is -0.223. The zero-order valence-corrected chi connectivity index (χ0v) is 33.7. The molecule has 6 amide bonds. The Morgan fingerprint density at radius 2 is 1.56 bits per heavy atom. The van der Waals surface area contributed by atoms with Crippen LogP contribution in [0.1, 0.15) is 110 Å². The molecule has 0 saturated carbocycles. The minimum Gasteiger partial charge on any atom is -0.444 e. The predicted molar refractivity (Wildman–Crippen MR) is 208 cm³/mol. The molecule has 0 bridgehead atoms. The van der Waals surface area contributed by atoms with Crippen LogP contribution in [0.25, 0.3) is 0 Å². The van der Waals surface area contributed by atoms with E-state index >= 15 is 0 Å². The first-order valence-corrected chi connectivity index (χ1v) is 19.6. The molecule has 0 unspecified atom stereocenters. The molecule has 5 atom stereocenters. The van der Waals surface area contributed by atoms with Crippen LogP contribution in [-0.4, -0.2) is 102 Å². The van der Waals surface area contributed by atoms with Gasteiger partial charge in [0.1, 0.15) is 23.7 Å². The number of benzene rings is 1. The van der Waals surface area contributed by atoms with Crippen molar-refractivity contribution in [3.63, 3.8) is 0 Å². The van der Waals surface area contributed by atoms with E-state index in [1.165, 1.54) is 9.80 Å². The normalized spacial score (nSPS) is 22.7. The third-order valence-corrected chi connectivity index (χ3v) is 9.62. The third kappa shape index (κ3) is 14.4. The molecule has 1 saturated heterocycles. The molecule has 2 aliphatic heterocycles. The van der Waals surface area contributed by atoms with Crippen molar-refractivity contribution in [1.82, 2.24) is 31.1 Å². The second-order valence-corrected chi connectivity index (χ2v) is 16.1. The summed E-state index contributed by atoms with van der Waals surface area (Å²) in [6.45, 7) is 9.00. The van der Waals surface area contributed by atoms with Crippen molar-refractivity contribution in [2.24, 2.45) is 11.8 Å². The van der Waals surface area contributed by atoms with Gasteiger partial charge in [-0.15, -0.1) is 0 Å². The lowest BCUT2D eigenvalue weighted by atomic mass is 9.89. The Balaban J connectivity index is 1.83. The Morgan fingerprint density at radius 3 is 2.16 bits per heavy atom. The summed E-state index contributed by atoms with van der Waals surface area (Å²) >= 11 is 0. The molecule has 14 nitrogen and oxygen atoms in total. The van der Waals surface area contributed by atoms with Crippen LogP contribution in [0.4, 0.5) is 4.79 Å². The zero-order valence-electron chi connectivity index (χ0n) is 33.7. The molecule has 4 N–H and O–H groups in total. The van der Waals surface area contributed by atoms with Crippen LogP contribution < -0.4 is 21.3 Å². The van der Waals surface area contributed by atoms with E-state index in [1.807, 2.05) is 13.8 Å². The average molecular weight is 767 g/mol. The van der Waals surface area contributed by atoms with Gasteiger partial charge in [0.15, 0.2) is 0 Å². The number of rotatable bonds is 10. The summed E-state index contributed by atoms with van der Waals surface area (Å²) in [5.74, 6) is -3.97. The largest absolute Gasteiger partial charge is 0.444 e. The number of hydrogen-bond donors (Lipinski definition) is 4. The molecule has 304 valence electrons. The summed E-state index contributed by atoms with van der Waals surface area (Å²) in [5, 5.41) is 10.6. The number of Topliss-reactive ketones (excluding diaryl/α,β-unsaturated/α-hetero) is 1. The Morgan fingerprint density at radius 1 is 0.927 bits per heavy atom. The van der Waals surface area contributed by atoms with Gasteiger partial charge in [-0.2, -0.15) is 0 Å². The standard InChI is InChI=1S/C41H62N6O8/c1-27(2)25-29-23-24-47-34(29)36(50)43-30(21-17-12-10-8-9-11-13-18-22-31(38(47)52)44-40(54)55-41(3,4)5)35(49)37(51)42-26-32(48)45-33(39(53)46(6)7)28-19-15-14-16-20-28/h8-9,14-16,19-20,27,29-31,33-34H,10-13,17-18,21-26H2,1-7H3,(H,42,51)(H,43,50)(H,44,54)(H,45,48)/b9-8+/t29-,30+,31+,33+,34+/m1/s1. The smallest absolute Gasteiger partial charge is 0.408 e. The molecular formula is C41H62N6O8. The van der Waals surface area contributed by atoms with Crippen LogP contribution in [0, 0.1) is 11.8 Å². The number of nitrogens with one attached hydrogen (secondary N) is 4. The number of nitrogens with zero attached hydrogens (tertiary/aromatic N) is 2. The molecule has 0 aliphatic carbocycles. The summed E-state index contributed by atoms with van der Waals surface area (Å²) in [6, 6.07) is 4.60. The average Bonchev–Trinajstić information content (AvgIpc) is 3.53. The van der Waals surface area contributed by atoms with Gasteiger partial charge in [0.2, 0.25) is 29.4 Å². The van der Waals surface area contributed by atoms with Crippen LogP contribution in [0.5, 0.6) is 0 Å². The number of alkyl carbamates (subject to hydrolysis) is 1. The molecule has 55 heavy (non-hydrogen) atoms. The van der Waals surface area contributed by atoms with Gasteiger partial charge in [-0.3, -0.25) is 28.8 Å². The molecule has 0 aromatic heterocycles. The van der Waals surface area contributed by atoms with Crippen molar-refractivity contribution < 1.29 is 38.3 Å². The minimum absolute atomic E-state index is 0.170. The Labute approximate surface area is 325 Å². The highest BCUT2D eigenvalue weighted by Gasteiger charge is 2.45. The zero-order chi connectivity index (χ0) is 40.7. The Hall–Kier alpha value is -4.75. The quantitative estimate of drug-likeness (QED) is 0.204. The number of carbonyl (C=O) groups excluding carboxylic acids is 7. The van der Waals surface area contributed by atoms with E-state index in [4.69, 9.17) is 4.74 Å². The first kappa shape index (κ1) is 44.6. The van der Waals surface area contributed by atoms with Gasteiger partial charge in [-0.05, 0) is 89.5 Å². The highest BCUT2D eigenvalue weighted by atomic mass is 16.6. The SMILES string of the molecule is CC(C)C[C@H]1CCN2C(=O)[C@@H](NC(=O)OC(C)(C)C)CCCC/C=C/CCCC[C@@H](C(=O)C(=O)NCC(=O)N[C@H](C(=O)N(C)C)c3ccccc3)NC(=O)[C@H]12. The number of carbonyl (C=O) groups is 7. The number of ether oxygens (including phenoxy) is 1. The lowest BCUT2D eigenvalue weighted by Gasteiger charge is -2.32. The summed E-state index contributed by atoms with van der Waals surface area (Å²) in [7, 11) is 3.13. The fourth-order valence-electron chi connectivity index (χ4n) is 7.01. The number of likely N-dealkylation sites (N-methyl/N-ethyl adjacent to an activating group) is 1. The van der Waals surface area contributed by atoms with Crippen molar-refractivity contribution in [1.29, 1.82) is 0 Å². The van der Waals surface area contributed by atoms with Gasteiger partial charge in [-0.25, -0.2) is 4.79 Å². The summed E-state index contributed by atoms with van der Waals surface area (Å²) in [4.78, 5) is 97.1. The summed E-state index contributed by atoms with van der Waals surface area (Å²) in [6.07, 6.45) is 9.38. The fraction of sp³-hybridized carbons (Fsp3) is 0.634. The number of allylic oxidation sites excluding steroid dienone is 2. The minimum atomic E-state index is -1.21. The highest BCUT2D eigenvalue weighted by molar-refractivity contribution is 6.38. The molecule has 2 aliphatic rings. The van der Waals surface area contributed by atoms with E-state index in [-0.39, 0.29) is 30.7 Å². The van der Waals surface area contributed by atoms with Crippen LogP contribution in [-0.2, 0) is 33.5 Å². The van der Waals surface area contributed by atoms with E-state index in [2.05, 4.69) is 33.4 Å². The van der Waals surface area contributed by atoms with Gasteiger partial charge in [0.25, 0.3) is 5.91 Å². The third-order valence-electron chi connectivity index (χ3n) is 9.62. The molecular weight excluding hydrogens is 704 g/mol. The lowest BCUT2D eigenvalue weighted by molar-refractivity contribution is -0.144. The second-order valence-electron chi connectivity index (χ2n) is 16.1. The second kappa shape index (κ2) is 21.4. The van der Waals surface area contributed by atoms with E-state index in [0.29, 0.717) is 44.1 Å². The summed E-state index contributed by atoms with van der Waals surface area (Å²) < 4.78 is 5.48. The predicted octanol–water partition coefficient (Wildman–Crippen LogP) is 3.95. The molecule has 2 heterocycles. The van der Waals surface area contributed by atoms with Crippen LogP contribution >= 0.6 is 0 Å². The first-order valence-electron chi connectivity index (χ1n) is 19.6. The van der Waals surface area contributed by atoms with Crippen molar-refractivity contribution in [2.45, 2.75) is 129 Å². The maximum absolute atomic E-state index is 14.3. The highest BCUT2D eigenvalue weighted by Crippen LogP contribution is 2.31. The van der Waals surface area contributed by atoms with Gasteiger partial charge in [0, 0.05) is 20.6 Å². The monoisotopic (exact) mass is 766 g/mol. The van der Waals surface area contributed by atoms with Gasteiger partial charge < -0.3 is 35.8 Å². The van der Waals surface area contributed by atoms with Crippen molar-refractivity contribution >= 4 is 41.4 Å². The first-order chi connectivity index (χ1) is 26.0. The molecule has 14 heteroatoms. The Bertz CT molecular complexity index is 1520. The van der Waals surface area contributed by atoms with E-state index in [1.54, 1.807) is 65.2 Å². The number of amides is 6. The maximum Gasteiger partial charge on any atom is 0.408 e. The van der Waals surface area contributed by atoms with Crippen LogP contribution in [0.15, 0.2) is 42.5 Å². The topological polar surface area (TPSA) is 183 Å². The number of ketones is 1. The van der Waals surface area contributed by atoms with Crippen molar-refractivity contribution in [3.8, 4) is 0 Å². The number of fused-ring (bicyclic) bond motifs is 1. The van der Waals surface area contributed by atoms with E-state index < -0.39 is 71.8 Å². The molecule has 3 rings (SSSR count). The van der Waals surface area contributed by atoms with Crippen LogP contribution in [0.3, 0.4) is 0 Å². The molecule has 1 aromatic carbocycles.